The molecule has 0 heterocycles. The van der Waals surface area contributed by atoms with Gasteiger partial charge >= 0.3 is 0 Å². The Morgan fingerprint density at radius 1 is 0.792 bits per heavy atom. The number of rotatable bonds is 14. The second kappa shape index (κ2) is 14.5. The van der Waals surface area contributed by atoms with Gasteiger partial charge in [-0.15, -0.1) is 0 Å². The fourth-order valence-corrected chi connectivity index (χ4v) is 3.14. The Labute approximate surface area is 152 Å². The Kier molecular flexibility index (Phi) is 14.0. The lowest BCUT2D eigenvalue weighted by Gasteiger charge is -2.15. The van der Waals surface area contributed by atoms with Crippen LogP contribution in [0.1, 0.15) is 99.3 Å². The minimum absolute atomic E-state index is 0.117. The Morgan fingerprint density at radius 2 is 1.29 bits per heavy atom. The molecule has 0 aromatic rings. The first-order valence-corrected chi connectivity index (χ1v) is 10.2. The second-order valence-corrected chi connectivity index (χ2v) is 8.34. The van der Waals surface area contributed by atoms with Crippen molar-refractivity contribution < 1.29 is 4.79 Å². The van der Waals surface area contributed by atoms with Crippen molar-refractivity contribution in [3.05, 3.63) is 23.8 Å². The van der Waals surface area contributed by atoms with Crippen molar-refractivity contribution in [2.45, 2.75) is 99.3 Å². The van der Waals surface area contributed by atoms with Gasteiger partial charge in [-0.05, 0) is 50.5 Å². The highest BCUT2D eigenvalue weighted by atomic mass is 16.1. The summed E-state index contributed by atoms with van der Waals surface area (Å²) in [6.07, 6.45) is 17.7. The molecule has 0 saturated heterocycles. The third kappa shape index (κ3) is 16.0. The lowest BCUT2D eigenvalue weighted by Crippen LogP contribution is -2.00. The van der Waals surface area contributed by atoms with Crippen LogP contribution < -0.4 is 0 Å². The van der Waals surface area contributed by atoms with Gasteiger partial charge < -0.3 is 0 Å². The SMILES string of the molecule is CC(=O)/C=C/C=C(\C)CCCC(C)CCCC(C)CCCC(C)C. The summed E-state index contributed by atoms with van der Waals surface area (Å²) in [6.45, 7) is 13.2. The van der Waals surface area contributed by atoms with Crippen LogP contribution in [0, 0.1) is 17.8 Å². The lowest BCUT2D eigenvalue weighted by atomic mass is 9.91. The number of allylic oxidation sites excluding steroid dienone is 4. The minimum atomic E-state index is 0.117. The van der Waals surface area contributed by atoms with Crippen LogP contribution in [0.4, 0.5) is 0 Å². The lowest BCUT2D eigenvalue weighted by molar-refractivity contribution is -0.112. The molecule has 0 saturated carbocycles. The van der Waals surface area contributed by atoms with Crippen LogP contribution in [0.25, 0.3) is 0 Å². The van der Waals surface area contributed by atoms with E-state index in [1.165, 1.54) is 56.9 Å². The molecule has 24 heavy (non-hydrogen) atoms. The number of carbonyl (C=O) groups excluding carboxylic acids is 1. The first-order valence-electron chi connectivity index (χ1n) is 10.2. The predicted molar refractivity (Wildman–Crippen MR) is 108 cm³/mol. The molecule has 0 rings (SSSR count). The van der Waals surface area contributed by atoms with E-state index in [1.54, 1.807) is 13.0 Å². The fourth-order valence-electron chi connectivity index (χ4n) is 3.14. The van der Waals surface area contributed by atoms with Crippen molar-refractivity contribution >= 4 is 5.78 Å². The van der Waals surface area contributed by atoms with Gasteiger partial charge in [0, 0.05) is 0 Å². The van der Waals surface area contributed by atoms with Crippen LogP contribution >= 0.6 is 0 Å². The quantitative estimate of drug-likeness (QED) is 0.237. The van der Waals surface area contributed by atoms with Gasteiger partial charge in [-0.25, -0.2) is 0 Å². The zero-order valence-corrected chi connectivity index (χ0v) is 17.2. The monoisotopic (exact) mass is 334 g/mol. The average molecular weight is 335 g/mol. The third-order valence-corrected chi connectivity index (χ3v) is 4.85. The molecule has 0 fully saturated rings. The zero-order valence-electron chi connectivity index (χ0n) is 17.2. The maximum atomic E-state index is 10.8. The van der Waals surface area contributed by atoms with Crippen LogP contribution in [-0.2, 0) is 4.79 Å². The van der Waals surface area contributed by atoms with E-state index in [0.29, 0.717) is 0 Å². The summed E-state index contributed by atoms with van der Waals surface area (Å²) in [6, 6.07) is 0. The molecule has 0 spiro atoms. The molecule has 0 bridgehead atoms. The number of hydrogen-bond donors (Lipinski definition) is 0. The largest absolute Gasteiger partial charge is 0.295 e. The maximum absolute atomic E-state index is 10.8. The van der Waals surface area contributed by atoms with Gasteiger partial charge in [-0.3, -0.25) is 4.79 Å². The van der Waals surface area contributed by atoms with E-state index in [9.17, 15) is 4.79 Å². The van der Waals surface area contributed by atoms with Gasteiger partial charge in [-0.2, -0.15) is 0 Å². The average Bonchev–Trinajstić information content (AvgIpc) is 2.46. The summed E-state index contributed by atoms with van der Waals surface area (Å²) in [5.41, 5.74) is 1.37. The number of ketones is 1. The summed E-state index contributed by atoms with van der Waals surface area (Å²) in [5, 5.41) is 0. The van der Waals surface area contributed by atoms with Gasteiger partial charge in [0.15, 0.2) is 5.78 Å². The second-order valence-electron chi connectivity index (χ2n) is 8.34. The normalized spacial score (nSPS) is 15.2. The van der Waals surface area contributed by atoms with E-state index in [4.69, 9.17) is 0 Å². The van der Waals surface area contributed by atoms with E-state index in [1.807, 2.05) is 6.08 Å². The molecule has 0 radical (unpaired) electrons. The third-order valence-electron chi connectivity index (χ3n) is 4.85. The molecule has 1 nitrogen and oxygen atoms in total. The highest BCUT2D eigenvalue weighted by molar-refractivity contribution is 5.87. The molecule has 0 aromatic carbocycles. The first-order chi connectivity index (χ1) is 11.3. The van der Waals surface area contributed by atoms with E-state index in [0.717, 1.165) is 24.2 Å². The molecule has 1 heteroatoms. The predicted octanol–water partition coefficient (Wildman–Crippen LogP) is 7.52. The summed E-state index contributed by atoms with van der Waals surface area (Å²) in [7, 11) is 0. The van der Waals surface area contributed by atoms with Gasteiger partial charge in [0.25, 0.3) is 0 Å². The first kappa shape index (κ1) is 23.1. The number of hydrogen-bond acceptors (Lipinski definition) is 1. The maximum Gasteiger partial charge on any atom is 0.152 e. The highest BCUT2D eigenvalue weighted by Gasteiger charge is 2.06. The van der Waals surface area contributed by atoms with Crippen molar-refractivity contribution in [1.29, 1.82) is 0 Å². The van der Waals surface area contributed by atoms with Crippen molar-refractivity contribution in [2.24, 2.45) is 17.8 Å². The molecule has 140 valence electrons. The van der Waals surface area contributed by atoms with Crippen molar-refractivity contribution in [3.63, 3.8) is 0 Å². The molecule has 0 amide bonds. The fraction of sp³-hybridized carbons (Fsp3) is 0.783. The van der Waals surface area contributed by atoms with E-state index in [-0.39, 0.29) is 5.78 Å². The van der Waals surface area contributed by atoms with Crippen LogP contribution in [0.5, 0.6) is 0 Å². The Hall–Kier alpha value is -0.850. The van der Waals surface area contributed by atoms with Crippen molar-refractivity contribution in [1.82, 2.24) is 0 Å². The smallest absolute Gasteiger partial charge is 0.152 e. The molecule has 2 unspecified atom stereocenters. The summed E-state index contributed by atoms with van der Waals surface area (Å²) in [5.74, 6) is 2.71. The minimum Gasteiger partial charge on any atom is -0.295 e. The molecule has 0 aromatic heterocycles. The van der Waals surface area contributed by atoms with Crippen LogP contribution in [0.3, 0.4) is 0 Å². The number of carbonyl (C=O) groups is 1. The summed E-state index contributed by atoms with van der Waals surface area (Å²) in [4.78, 5) is 10.8. The van der Waals surface area contributed by atoms with Crippen LogP contribution in [-0.4, -0.2) is 5.78 Å². The van der Waals surface area contributed by atoms with E-state index >= 15 is 0 Å². The molecule has 0 aliphatic rings. The molecule has 0 aliphatic heterocycles. The zero-order chi connectivity index (χ0) is 18.4. The van der Waals surface area contributed by atoms with Crippen molar-refractivity contribution in [3.8, 4) is 0 Å². The van der Waals surface area contributed by atoms with Gasteiger partial charge in [-0.1, -0.05) is 90.4 Å². The highest BCUT2D eigenvalue weighted by Crippen LogP contribution is 2.22. The van der Waals surface area contributed by atoms with Gasteiger partial charge in [0.1, 0.15) is 0 Å². The van der Waals surface area contributed by atoms with Crippen LogP contribution in [0.15, 0.2) is 23.8 Å². The molecular formula is C23H42O. The summed E-state index contributed by atoms with van der Waals surface area (Å²) < 4.78 is 0. The van der Waals surface area contributed by atoms with Crippen molar-refractivity contribution in [2.75, 3.05) is 0 Å². The Bertz CT molecular complexity index is 375. The molecule has 2 atom stereocenters. The topological polar surface area (TPSA) is 17.1 Å². The van der Waals surface area contributed by atoms with E-state index in [2.05, 4.69) is 40.7 Å². The van der Waals surface area contributed by atoms with Crippen LogP contribution in [0.2, 0.25) is 0 Å². The standard InChI is InChI=1S/C23H42O/c1-19(2)11-7-12-20(3)13-8-14-21(4)15-9-16-22(5)17-10-18-23(6)24/h10,17-21H,7-9,11-16H2,1-6H3/b18-10+,22-17+. The van der Waals surface area contributed by atoms with E-state index < -0.39 is 0 Å². The molecule has 0 aliphatic carbocycles. The van der Waals surface area contributed by atoms with Gasteiger partial charge in [0.2, 0.25) is 0 Å². The summed E-state index contributed by atoms with van der Waals surface area (Å²) >= 11 is 0. The Balaban J connectivity index is 3.68. The molecular weight excluding hydrogens is 292 g/mol. The Morgan fingerprint density at radius 3 is 1.79 bits per heavy atom. The van der Waals surface area contributed by atoms with Gasteiger partial charge in [0.05, 0.1) is 0 Å². The molecule has 0 N–H and O–H groups in total.